The van der Waals surface area contributed by atoms with Crippen LogP contribution in [0.1, 0.15) is 39.7 Å². The molecule has 0 aliphatic rings. The summed E-state index contributed by atoms with van der Waals surface area (Å²) < 4.78 is 11.4. The van der Waals surface area contributed by atoms with Crippen molar-refractivity contribution >= 4 is 5.91 Å². The Morgan fingerprint density at radius 3 is 2.23 bits per heavy atom. The Kier molecular flexibility index (Phi) is 7.07. The second-order valence-corrected chi connectivity index (χ2v) is 7.24. The van der Waals surface area contributed by atoms with E-state index >= 15 is 0 Å². The summed E-state index contributed by atoms with van der Waals surface area (Å²) in [5, 5.41) is 2.87. The van der Waals surface area contributed by atoms with Crippen molar-refractivity contribution in [3.63, 3.8) is 0 Å². The lowest BCUT2D eigenvalue weighted by Gasteiger charge is -2.19. The quantitative estimate of drug-likeness (QED) is 0.717. The predicted molar refractivity (Wildman–Crippen MR) is 105 cm³/mol. The molecule has 26 heavy (non-hydrogen) atoms. The number of benzene rings is 2. The smallest absolute Gasteiger partial charge is 0.261 e. The molecule has 2 rings (SSSR count). The van der Waals surface area contributed by atoms with Crippen LogP contribution in [-0.2, 0) is 10.2 Å². The third kappa shape index (κ3) is 6.10. The number of para-hydroxylation sites is 1. The van der Waals surface area contributed by atoms with Crippen LogP contribution in [0.4, 0.5) is 0 Å². The summed E-state index contributed by atoms with van der Waals surface area (Å²) in [5.41, 5.74) is 1.39. The highest BCUT2D eigenvalue weighted by atomic mass is 16.5. The second-order valence-electron chi connectivity index (χ2n) is 7.24. The summed E-state index contributed by atoms with van der Waals surface area (Å²) in [7, 11) is 0. The normalized spacial score (nSPS) is 12.3. The standard InChI is InChI=1S/C22H29NO3/c1-5-20(26-19-9-7-6-8-10-19)21(24)23-15-16-25-18-13-11-17(12-14-18)22(2,3)4/h6-14,20H,5,15-16H2,1-4H3,(H,23,24)/t20-/m1/s1. The first-order valence-corrected chi connectivity index (χ1v) is 9.13. The van der Waals surface area contributed by atoms with Crippen molar-refractivity contribution in [2.45, 2.75) is 45.6 Å². The molecular formula is C22H29NO3. The third-order valence-electron chi connectivity index (χ3n) is 4.08. The van der Waals surface area contributed by atoms with Crippen LogP contribution in [-0.4, -0.2) is 25.2 Å². The highest BCUT2D eigenvalue weighted by Crippen LogP contribution is 2.24. The van der Waals surface area contributed by atoms with Gasteiger partial charge in [0.05, 0.1) is 6.54 Å². The lowest BCUT2D eigenvalue weighted by Crippen LogP contribution is -2.39. The molecule has 0 saturated carbocycles. The van der Waals surface area contributed by atoms with Gasteiger partial charge in [0.25, 0.3) is 5.91 Å². The fraction of sp³-hybridized carbons (Fsp3) is 0.409. The van der Waals surface area contributed by atoms with E-state index in [1.807, 2.05) is 49.4 Å². The van der Waals surface area contributed by atoms with Gasteiger partial charge in [-0.15, -0.1) is 0 Å². The summed E-state index contributed by atoms with van der Waals surface area (Å²) in [6.45, 7) is 9.33. The Bertz CT molecular complexity index is 675. The molecule has 4 nitrogen and oxygen atoms in total. The zero-order chi connectivity index (χ0) is 19.0. The van der Waals surface area contributed by atoms with E-state index in [1.54, 1.807) is 0 Å². The van der Waals surface area contributed by atoms with Crippen molar-refractivity contribution < 1.29 is 14.3 Å². The summed E-state index contributed by atoms with van der Waals surface area (Å²) in [4.78, 5) is 12.3. The van der Waals surface area contributed by atoms with Gasteiger partial charge in [-0.25, -0.2) is 0 Å². The number of hydrogen-bond acceptors (Lipinski definition) is 3. The van der Waals surface area contributed by atoms with Crippen LogP contribution in [0, 0.1) is 0 Å². The number of carbonyl (C=O) groups is 1. The Morgan fingerprint density at radius 2 is 1.65 bits per heavy atom. The van der Waals surface area contributed by atoms with E-state index in [9.17, 15) is 4.79 Å². The summed E-state index contributed by atoms with van der Waals surface area (Å²) in [5.74, 6) is 1.38. The van der Waals surface area contributed by atoms with Gasteiger partial charge < -0.3 is 14.8 Å². The van der Waals surface area contributed by atoms with Crippen molar-refractivity contribution in [3.05, 3.63) is 60.2 Å². The van der Waals surface area contributed by atoms with Crippen molar-refractivity contribution in [1.29, 1.82) is 0 Å². The fourth-order valence-corrected chi connectivity index (χ4v) is 2.49. The van der Waals surface area contributed by atoms with Crippen molar-refractivity contribution in [1.82, 2.24) is 5.32 Å². The van der Waals surface area contributed by atoms with Crippen LogP contribution in [0.2, 0.25) is 0 Å². The Morgan fingerprint density at radius 1 is 1.00 bits per heavy atom. The van der Waals surface area contributed by atoms with E-state index in [2.05, 4.69) is 38.2 Å². The third-order valence-corrected chi connectivity index (χ3v) is 4.08. The number of rotatable bonds is 8. The van der Waals surface area contributed by atoms with Crippen molar-refractivity contribution in [3.8, 4) is 11.5 Å². The average Bonchev–Trinajstić information content (AvgIpc) is 2.63. The van der Waals surface area contributed by atoms with Gasteiger partial charge in [0, 0.05) is 0 Å². The van der Waals surface area contributed by atoms with E-state index in [-0.39, 0.29) is 11.3 Å². The van der Waals surface area contributed by atoms with Crippen LogP contribution < -0.4 is 14.8 Å². The predicted octanol–water partition coefficient (Wildman–Crippen LogP) is 4.34. The minimum atomic E-state index is -0.497. The van der Waals surface area contributed by atoms with Gasteiger partial charge in [0.15, 0.2) is 6.10 Å². The summed E-state index contributed by atoms with van der Waals surface area (Å²) >= 11 is 0. The van der Waals surface area contributed by atoms with E-state index in [0.717, 1.165) is 5.75 Å². The second kappa shape index (κ2) is 9.27. The molecule has 1 N–H and O–H groups in total. The molecule has 0 spiro atoms. The van der Waals surface area contributed by atoms with E-state index < -0.39 is 6.10 Å². The highest BCUT2D eigenvalue weighted by molar-refractivity contribution is 5.81. The molecule has 4 heteroatoms. The highest BCUT2D eigenvalue weighted by Gasteiger charge is 2.17. The van der Waals surface area contributed by atoms with Gasteiger partial charge in [-0.3, -0.25) is 4.79 Å². The zero-order valence-electron chi connectivity index (χ0n) is 16.1. The number of ether oxygens (including phenoxy) is 2. The summed E-state index contributed by atoms with van der Waals surface area (Å²) in [6.07, 6.45) is 0.110. The molecule has 0 radical (unpaired) electrons. The number of hydrogen-bond donors (Lipinski definition) is 1. The van der Waals surface area contributed by atoms with Crippen LogP contribution in [0.5, 0.6) is 11.5 Å². The molecule has 0 fully saturated rings. The van der Waals surface area contributed by atoms with Gasteiger partial charge in [0.1, 0.15) is 18.1 Å². The molecule has 0 heterocycles. The monoisotopic (exact) mass is 355 g/mol. The first-order chi connectivity index (χ1) is 12.4. The van der Waals surface area contributed by atoms with E-state index in [4.69, 9.17) is 9.47 Å². The topological polar surface area (TPSA) is 47.6 Å². The molecule has 0 unspecified atom stereocenters. The molecule has 1 atom stereocenters. The largest absolute Gasteiger partial charge is 0.492 e. The van der Waals surface area contributed by atoms with Gasteiger partial charge in [-0.05, 0) is 41.7 Å². The lowest BCUT2D eigenvalue weighted by molar-refractivity contribution is -0.128. The lowest BCUT2D eigenvalue weighted by atomic mass is 9.87. The van der Waals surface area contributed by atoms with Crippen LogP contribution in [0.3, 0.4) is 0 Å². The average molecular weight is 355 g/mol. The minimum Gasteiger partial charge on any atom is -0.492 e. The molecule has 140 valence electrons. The molecule has 0 aliphatic carbocycles. The van der Waals surface area contributed by atoms with E-state index in [1.165, 1.54) is 5.56 Å². The maximum atomic E-state index is 12.3. The van der Waals surface area contributed by atoms with Gasteiger partial charge in [-0.1, -0.05) is 58.0 Å². The molecule has 0 bridgehead atoms. The van der Waals surface area contributed by atoms with Gasteiger partial charge in [-0.2, -0.15) is 0 Å². The van der Waals surface area contributed by atoms with Gasteiger partial charge in [0.2, 0.25) is 0 Å². The molecule has 2 aromatic rings. The molecule has 0 saturated heterocycles. The number of carbonyl (C=O) groups excluding carboxylic acids is 1. The fourth-order valence-electron chi connectivity index (χ4n) is 2.49. The van der Waals surface area contributed by atoms with E-state index in [0.29, 0.717) is 25.3 Å². The first kappa shape index (κ1) is 19.8. The van der Waals surface area contributed by atoms with Gasteiger partial charge >= 0.3 is 0 Å². The molecule has 0 aliphatic heterocycles. The molecule has 2 aromatic carbocycles. The molecule has 0 aromatic heterocycles. The Hall–Kier alpha value is -2.49. The zero-order valence-corrected chi connectivity index (χ0v) is 16.1. The molecular weight excluding hydrogens is 326 g/mol. The van der Waals surface area contributed by atoms with Crippen LogP contribution in [0.25, 0.3) is 0 Å². The maximum Gasteiger partial charge on any atom is 0.261 e. The minimum absolute atomic E-state index is 0.122. The van der Waals surface area contributed by atoms with Crippen LogP contribution in [0.15, 0.2) is 54.6 Å². The maximum absolute atomic E-state index is 12.3. The SMILES string of the molecule is CC[C@@H](Oc1ccccc1)C(=O)NCCOc1ccc(C(C)(C)C)cc1. The Balaban J connectivity index is 1.75. The van der Waals surface area contributed by atoms with Crippen molar-refractivity contribution in [2.75, 3.05) is 13.2 Å². The van der Waals surface area contributed by atoms with Crippen LogP contribution >= 0.6 is 0 Å². The number of nitrogens with one attached hydrogen (secondary N) is 1. The number of amides is 1. The first-order valence-electron chi connectivity index (χ1n) is 9.13. The summed E-state index contributed by atoms with van der Waals surface area (Å²) in [6, 6.07) is 17.5. The molecule has 1 amide bonds. The van der Waals surface area contributed by atoms with Crippen molar-refractivity contribution in [2.24, 2.45) is 0 Å². The Labute approximate surface area is 156 Å².